The van der Waals surface area contributed by atoms with Crippen LogP contribution in [0.3, 0.4) is 0 Å². The van der Waals surface area contributed by atoms with Crippen molar-refractivity contribution in [2.24, 2.45) is 11.3 Å². The number of benzene rings is 2. The van der Waals surface area contributed by atoms with Crippen LogP contribution in [0, 0.1) is 11.3 Å². The van der Waals surface area contributed by atoms with E-state index in [1.54, 1.807) is 12.1 Å². The molecular weight excluding hydrogens is 460 g/mol. The fourth-order valence-electron chi connectivity index (χ4n) is 5.15. The van der Waals surface area contributed by atoms with Gasteiger partial charge in [-0.05, 0) is 72.9 Å². The molecule has 1 unspecified atom stereocenters. The Balaban J connectivity index is 1.67. The molecule has 0 spiro atoms. The molecule has 35 heavy (non-hydrogen) atoms. The molecule has 2 aliphatic heterocycles. The molecule has 2 aliphatic rings. The molecule has 0 radical (unpaired) electrons. The fraction of sp³-hybridized carbons (Fsp3) is 0.571. The number of sulfonamides is 1. The molecule has 1 N–H and O–H groups in total. The number of fused-ring (bicyclic) bond motifs is 1. The lowest BCUT2D eigenvalue weighted by atomic mass is 9.81. The summed E-state index contributed by atoms with van der Waals surface area (Å²) in [6, 6.07) is 13.1. The number of aryl methyl sites for hydroxylation is 1. The first kappa shape index (κ1) is 26.0. The third-order valence-corrected chi connectivity index (χ3v) is 9.18. The molecule has 0 aliphatic carbocycles. The van der Waals surface area contributed by atoms with Crippen molar-refractivity contribution in [2.75, 3.05) is 42.1 Å². The maximum absolute atomic E-state index is 13.9. The van der Waals surface area contributed by atoms with Gasteiger partial charge in [-0.25, -0.2) is 8.42 Å². The van der Waals surface area contributed by atoms with Gasteiger partial charge in [0, 0.05) is 44.1 Å². The number of rotatable bonds is 8. The van der Waals surface area contributed by atoms with Gasteiger partial charge < -0.3 is 14.7 Å². The number of anilines is 2. The predicted molar refractivity (Wildman–Crippen MR) is 142 cm³/mol. The third kappa shape index (κ3) is 5.68. The van der Waals surface area contributed by atoms with Gasteiger partial charge in [-0.3, -0.25) is 4.31 Å². The Bertz CT molecular complexity index is 1110. The molecule has 1 atom stereocenters. The summed E-state index contributed by atoms with van der Waals surface area (Å²) < 4.78 is 34.8. The molecule has 2 heterocycles. The van der Waals surface area contributed by atoms with E-state index in [9.17, 15) is 13.5 Å². The standard InChI is InChI=1S/C28H40N2O4S/c1-5-22-6-8-23(9-7-22)30(19-21(2)3)35(32,33)24-10-11-26-25(18-24)27(31)12-15-29(26)20-28(4)13-16-34-17-14-28/h6-11,18,21,27,31H,5,12-17,19-20H2,1-4H3. The Kier molecular flexibility index (Phi) is 7.79. The predicted octanol–water partition coefficient (Wildman–Crippen LogP) is 5.16. The van der Waals surface area contributed by atoms with Crippen LogP contribution >= 0.6 is 0 Å². The van der Waals surface area contributed by atoms with E-state index in [1.807, 2.05) is 44.2 Å². The van der Waals surface area contributed by atoms with E-state index in [-0.39, 0.29) is 16.2 Å². The number of aliphatic hydroxyl groups is 1. The maximum atomic E-state index is 13.9. The lowest BCUT2D eigenvalue weighted by Gasteiger charge is -2.42. The average molecular weight is 501 g/mol. The van der Waals surface area contributed by atoms with E-state index in [2.05, 4.69) is 18.7 Å². The summed E-state index contributed by atoms with van der Waals surface area (Å²) in [6.45, 7) is 12.0. The molecule has 0 saturated carbocycles. The Labute approximate surface area is 211 Å². The number of ether oxygens (including phenoxy) is 1. The zero-order chi connectivity index (χ0) is 25.2. The van der Waals surface area contributed by atoms with Gasteiger partial charge in [-0.15, -0.1) is 0 Å². The summed E-state index contributed by atoms with van der Waals surface area (Å²) in [5, 5.41) is 10.8. The van der Waals surface area contributed by atoms with Gasteiger partial charge in [0.25, 0.3) is 10.0 Å². The van der Waals surface area contributed by atoms with Gasteiger partial charge in [0.15, 0.2) is 0 Å². The Morgan fingerprint density at radius 3 is 2.46 bits per heavy atom. The highest BCUT2D eigenvalue weighted by Crippen LogP contribution is 2.40. The van der Waals surface area contributed by atoms with E-state index >= 15 is 0 Å². The Morgan fingerprint density at radius 1 is 1.14 bits per heavy atom. The molecule has 2 aromatic carbocycles. The highest BCUT2D eigenvalue weighted by Gasteiger charge is 2.34. The van der Waals surface area contributed by atoms with Gasteiger partial charge in [-0.2, -0.15) is 0 Å². The first-order valence-corrected chi connectivity index (χ1v) is 14.3. The molecule has 0 aromatic heterocycles. The van der Waals surface area contributed by atoms with Crippen LogP contribution in [0.1, 0.15) is 64.2 Å². The molecule has 0 amide bonds. The number of hydrogen-bond donors (Lipinski definition) is 1. The average Bonchev–Trinajstić information content (AvgIpc) is 2.84. The quantitative estimate of drug-likeness (QED) is 0.542. The first-order valence-electron chi connectivity index (χ1n) is 12.9. The van der Waals surface area contributed by atoms with Crippen LogP contribution in [0.5, 0.6) is 0 Å². The van der Waals surface area contributed by atoms with Crippen molar-refractivity contribution in [3.05, 3.63) is 53.6 Å². The monoisotopic (exact) mass is 500 g/mol. The molecule has 1 saturated heterocycles. The van der Waals surface area contributed by atoms with Gasteiger partial charge in [0.05, 0.1) is 16.7 Å². The van der Waals surface area contributed by atoms with Crippen molar-refractivity contribution in [3.63, 3.8) is 0 Å². The molecular formula is C28H40N2O4S. The van der Waals surface area contributed by atoms with Gasteiger partial charge in [-0.1, -0.05) is 39.8 Å². The number of hydrogen-bond acceptors (Lipinski definition) is 5. The van der Waals surface area contributed by atoms with Crippen LogP contribution in [0.15, 0.2) is 47.4 Å². The Hall–Kier alpha value is -2.09. The van der Waals surface area contributed by atoms with E-state index in [0.717, 1.165) is 51.3 Å². The molecule has 192 valence electrons. The van der Waals surface area contributed by atoms with Crippen LogP contribution in [0.25, 0.3) is 0 Å². The van der Waals surface area contributed by atoms with Crippen molar-refractivity contribution < 1.29 is 18.3 Å². The van der Waals surface area contributed by atoms with Crippen molar-refractivity contribution in [2.45, 2.75) is 64.4 Å². The van der Waals surface area contributed by atoms with Crippen molar-refractivity contribution >= 4 is 21.4 Å². The molecule has 2 aromatic rings. The molecule has 7 heteroatoms. The zero-order valence-electron chi connectivity index (χ0n) is 21.5. The van der Waals surface area contributed by atoms with Gasteiger partial charge in [0.1, 0.15) is 0 Å². The third-order valence-electron chi connectivity index (χ3n) is 7.40. The van der Waals surface area contributed by atoms with Crippen molar-refractivity contribution in [3.8, 4) is 0 Å². The van der Waals surface area contributed by atoms with Crippen LogP contribution in [-0.2, 0) is 21.2 Å². The summed E-state index contributed by atoms with van der Waals surface area (Å²) in [5.74, 6) is 0.162. The topological polar surface area (TPSA) is 70.1 Å². The van der Waals surface area contributed by atoms with Gasteiger partial charge >= 0.3 is 0 Å². The highest BCUT2D eigenvalue weighted by atomic mass is 32.2. The largest absolute Gasteiger partial charge is 0.388 e. The highest BCUT2D eigenvalue weighted by molar-refractivity contribution is 7.92. The number of nitrogens with zero attached hydrogens (tertiary/aromatic N) is 2. The van der Waals surface area contributed by atoms with E-state index in [4.69, 9.17) is 4.74 Å². The normalized spacial score (nSPS) is 20.1. The molecule has 1 fully saturated rings. The lowest BCUT2D eigenvalue weighted by Crippen LogP contribution is -2.42. The van der Waals surface area contributed by atoms with Gasteiger partial charge in [0.2, 0.25) is 0 Å². The summed E-state index contributed by atoms with van der Waals surface area (Å²) >= 11 is 0. The zero-order valence-corrected chi connectivity index (χ0v) is 22.4. The van der Waals surface area contributed by atoms with Crippen LogP contribution in [-0.4, -0.2) is 46.4 Å². The maximum Gasteiger partial charge on any atom is 0.264 e. The van der Waals surface area contributed by atoms with E-state index in [1.165, 1.54) is 9.87 Å². The molecule has 4 rings (SSSR count). The van der Waals surface area contributed by atoms with E-state index in [0.29, 0.717) is 24.2 Å². The minimum Gasteiger partial charge on any atom is -0.388 e. The van der Waals surface area contributed by atoms with Crippen molar-refractivity contribution in [1.29, 1.82) is 0 Å². The summed E-state index contributed by atoms with van der Waals surface area (Å²) in [6.07, 6.45) is 2.85. The second kappa shape index (κ2) is 10.5. The summed E-state index contributed by atoms with van der Waals surface area (Å²) in [5.41, 5.74) is 3.65. The second-order valence-corrected chi connectivity index (χ2v) is 12.7. The smallest absolute Gasteiger partial charge is 0.264 e. The van der Waals surface area contributed by atoms with Crippen LogP contribution in [0.2, 0.25) is 0 Å². The molecule has 0 bridgehead atoms. The summed E-state index contributed by atoms with van der Waals surface area (Å²) in [4.78, 5) is 2.55. The summed E-state index contributed by atoms with van der Waals surface area (Å²) in [7, 11) is -3.80. The first-order chi connectivity index (χ1) is 16.6. The van der Waals surface area contributed by atoms with Crippen LogP contribution in [0.4, 0.5) is 11.4 Å². The second-order valence-electron chi connectivity index (χ2n) is 10.8. The van der Waals surface area contributed by atoms with E-state index < -0.39 is 16.1 Å². The molecule has 6 nitrogen and oxygen atoms in total. The SMILES string of the molecule is CCc1ccc(N(CC(C)C)S(=O)(=O)c2ccc3c(c2)C(O)CCN3CC2(C)CCOCC2)cc1. The number of aliphatic hydroxyl groups excluding tert-OH is 1. The minimum absolute atomic E-state index is 0.154. The Morgan fingerprint density at radius 2 is 1.83 bits per heavy atom. The fourth-order valence-corrected chi connectivity index (χ4v) is 6.81. The van der Waals surface area contributed by atoms with Crippen molar-refractivity contribution in [1.82, 2.24) is 0 Å². The van der Waals surface area contributed by atoms with Crippen LogP contribution < -0.4 is 9.21 Å². The lowest BCUT2D eigenvalue weighted by molar-refractivity contribution is 0.0265. The minimum atomic E-state index is -3.80.